The lowest BCUT2D eigenvalue weighted by Crippen LogP contribution is -2.27. The summed E-state index contributed by atoms with van der Waals surface area (Å²) in [6.45, 7) is 3.15. The van der Waals surface area contributed by atoms with Crippen molar-refractivity contribution in [1.29, 1.82) is 0 Å². The van der Waals surface area contributed by atoms with Crippen molar-refractivity contribution in [3.05, 3.63) is 0 Å². The fraction of sp³-hybridized carbons (Fsp3) is 0.955. The molecule has 0 saturated heterocycles. The van der Waals surface area contributed by atoms with Crippen molar-refractivity contribution >= 4 is 5.91 Å². The maximum atomic E-state index is 11.8. The SMILES string of the molecule is CCCCCCCCCCCCCCCC(=O)NCCCCC(N)COO. The number of nitrogens with one attached hydrogen (secondary N) is 1. The molecule has 5 nitrogen and oxygen atoms in total. The van der Waals surface area contributed by atoms with Gasteiger partial charge in [0, 0.05) is 19.0 Å². The van der Waals surface area contributed by atoms with Gasteiger partial charge in [-0.25, -0.2) is 4.89 Å². The standard InChI is InChI=1S/C22H46N2O3/c1-2-3-4-5-6-7-8-9-10-11-12-13-14-18-22(25)24-19-16-15-17-21(23)20-27-26/h21,26H,2-20,23H2,1H3,(H,24,25). The number of carbonyl (C=O) groups is 1. The second-order valence-electron chi connectivity index (χ2n) is 7.89. The van der Waals surface area contributed by atoms with E-state index in [0.29, 0.717) is 13.0 Å². The number of nitrogens with two attached hydrogens (primary N) is 1. The van der Waals surface area contributed by atoms with Crippen LogP contribution in [-0.2, 0) is 9.68 Å². The summed E-state index contributed by atoms with van der Waals surface area (Å²) in [6, 6.07) is -0.128. The van der Waals surface area contributed by atoms with Crippen molar-refractivity contribution in [2.45, 2.75) is 122 Å². The Hall–Kier alpha value is -0.650. The van der Waals surface area contributed by atoms with Gasteiger partial charge in [0.2, 0.25) is 5.91 Å². The van der Waals surface area contributed by atoms with E-state index in [1.165, 1.54) is 77.0 Å². The van der Waals surface area contributed by atoms with Crippen molar-refractivity contribution < 1.29 is 14.9 Å². The average Bonchev–Trinajstić information content (AvgIpc) is 2.65. The number of amides is 1. The lowest BCUT2D eigenvalue weighted by Gasteiger charge is -2.09. The normalized spacial score (nSPS) is 12.3. The van der Waals surface area contributed by atoms with E-state index in [2.05, 4.69) is 17.1 Å². The molecule has 0 aromatic heterocycles. The lowest BCUT2D eigenvalue weighted by molar-refractivity contribution is -0.245. The third-order valence-electron chi connectivity index (χ3n) is 5.12. The van der Waals surface area contributed by atoms with Crippen molar-refractivity contribution in [2.75, 3.05) is 13.2 Å². The summed E-state index contributed by atoms with van der Waals surface area (Å²) >= 11 is 0. The van der Waals surface area contributed by atoms with Gasteiger partial charge in [-0.15, -0.1) is 0 Å². The van der Waals surface area contributed by atoms with Crippen LogP contribution in [0.4, 0.5) is 0 Å². The predicted octanol–water partition coefficient (Wildman–Crippen LogP) is 5.57. The molecule has 0 aliphatic rings. The first-order chi connectivity index (χ1) is 13.2. The Labute approximate surface area is 167 Å². The summed E-state index contributed by atoms with van der Waals surface area (Å²) < 4.78 is 0. The molecule has 0 fully saturated rings. The number of carbonyl (C=O) groups excluding carboxylic acids is 1. The molecule has 0 rings (SSSR count). The van der Waals surface area contributed by atoms with Crippen LogP contribution in [0.2, 0.25) is 0 Å². The molecule has 1 unspecified atom stereocenters. The zero-order valence-electron chi connectivity index (χ0n) is 17.9. The van der Waals surface area contributed by atoms with Gasteiger partial charge in [-0.1, -0.05) is 90.4 Å². The number of hydrogen-bond acceptors (Lipinski definition) is 4. The number of unbranched alkanes of at least 4 members (excludes halogenated alkanes) is 13. The Morgan fingerprint density at radius 1 is 0.852 bits per heavy atom. The maximum Gasteiger partial charge on any atom is 0.219 e. The third-order valence-corrected chi connectivity index (χ3v) is 5.12. The van der Waals surface area contributed by atoms with Gasteiger partial charge in [-0.05, 0) is 19.3 Å². The van der Waals surface area contributed by atoms with E-state index in [9.17, 15) is 4.79 Å². The minimum atomic E-state index is -0.128. The highest BCUT2D eigenvalue weighted by molar-refractivity contribution is 5.75. The summed E-state index contributed by atoms with van der Waals surface area (Å²) in [5, 5.41) is 11.3. The molecule has 1 amide bonds. The zero-order chi connectivity index (χ0) is 20.0. The van der Waals surface area contributed by atoms with Crippen LogP contribution in [0.15, 0.2) is 0 Å². The first kappa shape index (κ1) is 26.4. The summed E-state index contributed by atoms with van der Waals surface area (Å²) in [5.41, 5.74) is 5.72. The van der Waals surface area contributed by atoms with Crippen molar-refractivity contribution in [3.8, 4) is 0 Å². The third kappa shape index (κ3) is 21.5. The van der Waals surface area contributed by atoms with Gasteiger partial charge in [0.25, 0.3) is 0 Å². The molecule has 0 radical (unpaired) electrons. The highest BCUT2D eigenvalue weighted by Crippen LogP contribution is 2.12. The summed E-state index contributed by atoms with van der Waals surface area (Å²) in [5.74, 6) is 0.168. The number of hydrogen-bond donors (Lipinski definition) is 3. The molecular formula is C22H46N2O3. The Kier molecular flexibility index (Phi) is 21.1. The van der Waals surface area contributed by atoms with E-state index >= 15 is 0 Å². The van der Waals surface area contributed by atoms with Gasteiger partial charge < -0.3 is 11.1 Å². The van der Waals surface area contributed by atoms with Gasteiger partial charge in [-0.3, -0.25) is 10.1 Å². The zero-order valence-corrected chi connectivity index (χ0v) is 17.9. The van der Waals surface area contributed by atoms with Crippen molar-refractivity contribution in [3.63, 3.8) is 0 Å². The molecule has 0 aliphatic heterocycles. The highest BCUT2D eigenvalue weighted by atomic mass is 17.1. The van der Waals surface area contributed by atoms with E-state index in [1.54, 1.807) is 0 Å². The second-order valence-corrected chi connectivity index (χ2v) is 7.89. The summed E-state index contributed by atoms with van der Waals surface area (Å²) in [7, 11) is 0. The Balaban J connectivity index is 3.19. The first-order valence-electron chi connectivity index (χ1n) is 11.5. The second kappa shape index (κ2) is 21.6. The predicted molar refractivity (Wildman–Crippen MR) is 114 cm³/mol. The fourth-order valence-corrected chi connectivity index (χ4v) is 3.33. The van der Waals surface area contributed by atoms with Crippen LogP contribution < -0.4 is 11.1 Å². The molecule has 1 atom stereocenters. The van der Waals surface area contributed by atoms with Crippen LogP contribution in [0.25, 0.3) is 0 Å². The molecule has 0 spiro atoms. The van der Waals surface area contributed by atoms with Crippen LogP contribution >= 0.6 is 0 Å². The summed E-state index contributed by atoms with van der Waals surface area (Å²) in [4.78, 5) is 15.8. The van der Waals surface area contributed by atoms with E-state index in [0.717, 1.165) is 25.7 Å². The Bertz CT molecular complexity index is 314. The molecule has 5 heteroatoms. The molecule has 0 aromatic carbocycles. The molecule has 162 valence electrons. The molecule has 0 saturated carbocycles. The van der Waals surface area contributed by atoms with E-state index in [4.69, 9.17) is 11.0 Å². The largest absolute Gasteiger partial charge is 0.356 e. The van der Waals surface area contributed by atoms with Crippen LogP contribution in [0.5, 0.6) is 0 Å². The fourth-order valence-electron chi connectivity index (χ4n) is 3.33. The monoisotopic (exact) mass is 386 g/mol. The molecule has 0 heterocycles. The Morgan fingerprint density at radius 3 is 1.89 bits per heavy atom. The van der Waals surface area contributed by atoms with Gasteiger partial charge in [-0.2, -0.15) is 0 Å². The molecule has 0 aromatic rings. The van der Waals surface area contributed by atoms with Crippen LogP contribution in [0, 0.1) is 0 Å². The molecule has 0 bridgehead atoms. The van der Waals surface area contributed by atoms with Crippen molar-refractivity contribution in [1.82, 2.24) is 5.32 Å². The highest BCUT2D eigenvalue weighted by Gasteiger charge is 2.03. The molecule has 27 heavy (non-hydrogen) atoms. The first-order valence-corrected chi connectivity index (χ1v) is 11.5. The van der Waals surface area contributed by atoms with Gasteiger partial charge in [0.05, 0.1) is 6.61 Å². The molecule has 4 N–H and O–H groups in total. The van der Waals surface area contributed by atoms with Crippen LogP contribution in [0.1, 0.15) is 116 Å². The van der Waals surface area contributed by atoms with Gasteiger partial charge in [0.15, 0.2) is 0 Å². The van der Waals surface area contributed by atoms with E-state index < -0.39 is 0 Å². The molecular weight excluding hydrogens is 340 g/mol. The smallest absolute Gasteiger partial charge is 0.219 e. The Morgan fingerprint density at radius 2 is 1.37 bits per heavy atom. The van der Waals surface area contributed by atoms with E-state index in [1.807, 2.05) is 0 Å². The van der Waals surface area contributed by atoms with Crippen molar-refractivity contribution in [2.24, 2.45) is 5.73 Å². The maximum absolute atomic E-state index is 11.8. The van der Waals surface area contributed by atoms with Gasteiger partial charge in [0.1, 0.15) is 0 Å². The minimum absolute atomic E-state index is 0.128. The minimum Gasteiger partial charge on any atom is -0.356 e. The van der Waals surface area contributed by atoms with Gasteiger partial charge >= 0.3 is 0 Å². The quantitative estimate of drug-likeness (QED) is 0.137. The van der Waals surface area contributed by atoms with Crippen LogP contribution in [0.3, 0.4) is 0 Å². The van der Waals surface area contributed by atoms with Crippen LogP contribution in [-0.4, -0.2) is 30.4 Å². The van der Waals surface area contributed by atoms with E-state index in [-0.39, 0.29) is 18.6 Å². The summed E-state index contributed by atoms with van der Waals surface area (Å²) in [6.07, 6.45) is 20.6. The average molecular weight is 387 g/mol. The lowest BCUT2D eigenvalue weighted by atomic mass is 10.0. The topological polar surface area (TPSA) is 84.6 Å². The molecule has 0 aliphatic carbocycles. The number of rotatable bonds is 21.